The average molecular weight is 144 g/mol. The third kappa shape index (κ3) is 6.05. The largest absolute Gasteiger partial charge is 0.330 e. The number of rotatable bonds is 5. The zero-order valence-corrected chi connectivity index (χ0v) is 7.14. The van der Waals surface area contributed by atoms with Gasteiger partial charge in [0.05, 0.1) is 0 Å². The molecule has 62 valence electrons. The lowest BCUT2D eigenvalue weighted by molar-refractivity contribution is 0.487. The minimum absolute atomic E-state index is 0.352. The fourth-order valence-corrected chi connectivity index (χ4v) is 0.906. The maximum Gasteiger partial charge on any atom is 0.00104 e. The smallest absolute Gasteiger partial charge is 0.00104 e. The molecule has 0 aliphatic rings. The van der Waals surface area contributed by atoms with Gasteiger partial charge in [-0.05, 0) is 32.2 Å². The summed E-state index contributed by atoms with van der Waals surface area (Å²) in [7, 11) is 0. The van der Waals surface area contributed by atoms with Gasteiger partial charge in [-0.15, -0.1) is 0 Å². The van der Waals surface area contributed by atoms with Crippen LogP contribution < -0.4 is 11.5 Å². The molecular formula is C8H20N2. The van der Waals surface area contributed by atoms with Crippen LogP contribution in [0.3, 0.4) is 0 Å². The lowest BCUT2D eigenvalue weighted by Crippen LogP contribution is -2.16. The Hall–Kier alpha value is -0.0800. The van der Waals surface area contributed by atoms with Crippen molar-refractivity contribution in [2.75, 3.05) is 6.54 Å². The molecule has 0 spiro atoms. The Morgan fingerprint density at radius 2 is 1.80 bits per heavy atom. The van der Waals surface area contributed by atoms with E-state index in [1.54, 1.807) is 0 Å². The summed E-state index contributed by atoms with van der Waals surface area (Å²) in [5.74, 6) is 0.666. The summed E-state index contributed by atoms with van der Waals surface area (Å²) in [6.07, 6.45) is 3.57. The Bertz CT molecular complexity index is 71.7. The van der Waals surface area contributed by atoms with Crippen molar-refractivity contribution in [2.45, 2.75) is 39.2 Å². The minimum Gasteiger partial charge on any atom is -0.330 e. The third-order valence-electron chi connectivity index (χ3n) is 1.76. The summed E-state index contributed by atoms with van der Waals surface area (Å²) in [5, 5.41) is 0. The van der Waals surface area contributed by atoms with E-state index in [-0.39, 0.29) is 0 Å². The summed E-state index contributed by atoms with van der Waals surface area (Å²) in [6, 6.07) is 0.352. The summed E-state index contributed by atoms with van der Waals surface area (Å²) >= 11 is 0. The van der Waals surface area contributed by atoms with Crippen LogP contribution in [0.25, 0.3) is 0 Å². The van der Waals surface area contributed by atoms with Gasteiger partial charge in [-0.2, -0.15) is 0 Å². The molecule has 0 bridgehead atoms. The molecule has 0 aromatic heterocycles. The van der Waals surface area contributed by atoms with Crippen LogP contribution in [0, 0.1) is 5.92 Å². The van der Waals surface area contributed by atoms with Gasteiger partial charge in [0.25, 0.3) is 0 Å². The van der Waals surface area contributed by atoms with Gasteiger partial charge in [-0.3, -0.25) is 0 Å². The molecule has 0 radical (unpaired) electrons. The zero-order chi connectivity index (χ0) is 7.98. The van der Waals surface area contributed by atoms with Crippen LogP contribution in [0.4, 0.5) is 0 Å². The van der Waals surface area contributed by atoms with E-state index in [2.05, 4.69) is 6.92 Å². The number of nitrogens with two attached hydrogens (primary N) is 2. The lowest BCUT2D eigenvalue weighted by atomic mass is 10.0. The Morgan fingerprint density at radius 1 is 1.20 bits per heavy atom. The first-order valence-electron chi connectivity index (χ1n) is 4.12. The molecule has 1 unspecified atom stereocenters. The van der Waals surface area contributed by atoms with Crippen molar-refractivity contribution in [3.8, 4) is 0 Å². The van der Waals surface area contributed by atoms with Crippen LogP contribution >= 0.6 is 0 Å². The molecule has 0 fully saturated rings. The van der Waals surface area contributed by atoms with Gasteiger partial charge >= 0.3 is 0 Å². The normalized spacial score (nSPS) is 16.8. The molecular weight excluding hydrogens is 124 g/mol. The van der Waals surface area contributed by atoms with Crippen LogP contribution in [0.2, 0.25) is 0 Å². The van der Waals surface area contributed by atoms with Crippen molar-refractivity contribution in [1.82, 2.24) is 0 Å². The first-order chi connectivity index (χ1) is 4.66. The second-order valence-electron chi connectivity index (χ2n) is 3.25. The van der Waals surface area contributed by atoms with Crippen molar-refractivity contribution < 1.29 is 0 Å². The quantitative estimate of drug-likeness (QED) is 0.607. The fraction of sp³-hybridized carbons (Fsp3) is 1.00. The zero-order valence-electron chi connectivity index (χ0n) is 7.14. The third-order valence-corrected chi connectivity index (χ3v) is 1.76. The summed E-state index contributed by atoms with van der Waals surface area (Å²) in [6.45, 7) is 5.03. The maximum atomic E-state index is 5.59. The second-order valence-corrected chi connectivity index (χ2v) is 3.25. The maximum absolute atomic E-state index is 5.59. The first kappa shape index (κ1) is 9.92. The minimum atomic E-state index is 0.352. The van der Waals surface area contributed by atoms with Gasteiger partial charge in [-0.25, -0.2) is 0 Å². The first-order valence-corrected chi connectivity index (χ1v) is 4.12. The average Bonchev–Trinajstić information content (AvgIpc) is 1.87. The van der Waals surface area contributed by atoms with Gasteiger partial charge < -0.3 is 11.5 Å². The molecule has 2 heteroatoms. The molecule has 0 saturated carbocycles. The van der Waals surface area contributed by atoms with Crippen molar-refractivity contribution in [2.24, 2.45) is 17.4 Å². The molecule has 0 aliphatic heterocycles. The van der Waals surface area contributed by atoms with Gasteiger partial charge in [-0.1, -0.05) is 13.3 Å². The molecule has 2 nitrogen and oxygen atoms in total. The topological polar surface area (TPSA) is 52.0 Å². The van der Waals surface area contributed by atoms with Crippen molar-refractivity contribution >= 4 is 0 Å². The predicted octanol–water partition coefficient (Wildman–Crippen LogP) is 1.10. The number of hydrogen-bond acceptors (Lipinski definition) is 2. The van der Waals surface area contributed by atoms with Crippen LogP contribution in [0.15, 0.2) is 0 Å². The van der Waals surface area contributed by atoms with Crippen molar-refractivity contribution in [3.05, 3.63) is 0 Å². The summed E-state index contributed by atoms with van der Waals surface area (Å²) in [5.41, 5.74) is 11.0. The van der Waals surface area contributed by atoms with Crippen LogP contribution in [-0.4, -0.2) is 12.6 Å². The van der Waals surface area contributed by atoms with E-state index in [9.17, 15) is 0 Å². The summed E-state index contributed by atoms with van der Waals surface area (Å²) < 4.78 is 0. The lowest BCUT2D eigenvalue weighted by Gasteiger charge is -2.08. The van der Waals surface area contributed by atoms with Crippen LogP contribution in [0.1, 0.15) is 33.1 Å². The van der Waals surface area contributed by atoms with Gasteiger partial charge in [0.1, 0.15) is 0 Å². The Labute approximate surface area is 64.0 Å². The molecule has 10 heavy (non-hydrogen) atoms. The van der Waals surface area contributed by atoms with Crippen LogP contribution in [0.5, 0.6) is 0 Å². The van der Waals surface area contributed by atoms with Crippen LogP contribution in [-0.2, 0) is 0 Å². The second kappa shape index (κ2) is 5.69. The molecule has 0 aliphatic carbocycles. The molecule has 0 aromatic rings. The number of hydrogen-bond donors (Lipinski definition) is 2. The summed E-state index contributed by atoms with van der Waals surface area (Å²) in [4.78, 5) is 0. The van der Waals surface area contributed by atoms with Gasteiger partial charge in [0.15, 0.2) is 0 Å². The molecule has 4 N–H and O–H groups in total. The monoisotopic (exact) mass is 144 g/mol. The Morgan fingerprint density at radius 3 is 2.20 bits per heavy atom. The van der Waals surface area contributed by atoms with E-state index >= 15 is 0 Å². The SMILES string of the molecule is CC(N)CCC[C@@H](C)CN. The van der Waals surface area contributed by atoms with Gasteiger partial charge in [0, 0.05) is 6.04 Å². The standard InChI is InChI=1S/C8H20N2/c1-7(6-9)4-3-5-8(2)10/h7-8H,3-6,9-10H2,1-2H3/t7-,8?/m1/s1. The van der Waals surface area contributed by atoms with E-state index in [4.69, 9.17) is 11.5 Å². The van der Waals surface area contributed by atoms with Gasteiger partial charge in [0.2, 0.25) is 0 Å². The molecule has 0 amide bonds. The fourth-order valence-electron chi connectivity index (χ4n) is 0.906. The Balaban J connectivity index is 3.03. The van der Waals surface area contributed by atoms with E-state index in [1.807, 2.05) is 6.92 Å². The molecule has 0 aromatic carbocycles. The predicted molar refractivity (Wildman–Crippen MR) is 45.7 cm³/mol. The molecule has 0 heterocycles. The highest BCUT2D eigenvalue weighted by Crippen LogP contribution is 2.06. The highest BCUT2D eigenvalue weighted by atomic mass is 14.6. The Kier molecular flexibility index (Phi) is 5.64. The molecule has 2 atom stereocenters. The highest BCUT2D eigenvalue weighted by Gasteiger charge is 1.99. The molecule has 0 rings (SSSR count). The van der Waals surface area contributed by atoms with E-state index < -0.39 is 0 Å². The van der Waals surface area contributed by atoms with E-state index in [0.29, 0.717) is 12.0 Å². The van der Waals surface area contributed by atoms with Crippen molar-refractivity contribution in [3.63, 3.8) is 0 Å². The molecule has 0 saturated heterocycles. The highest BCUT2D eigenvalue weighted by molar-refractivity contribution is 4.57. The van der Waals surface area contributed by atoms with Crippen molar-refractivity contribution in [1.29, 1.82) is 0 Å². The van der Waals surface area contributed by atoms with E-state index in [0.717, 1.165) is 13.0 Å². The van der Waals surface area contributed by atoms with E-state index in [1.165, 1.54) is 12.8 Å².